The van der Waals surface area contributed by atoms with E-state index >= 15 is 0 Å². The molecule has 0 unspecified atom stereocenters. The number of amides is 1. The van der Waals surface area contributed by atoms with Crippen LogP contribution in [0.5, 0.6) is 0 Å². The molecule has 0 spiro atoms. The number of hydrogen-bond donors (Lipinski definition) is 0. The lowest BCUT2D eigenvalue weighted by molar-refractivity contribution is -0.120. The molecule has 1 aliphatic heterocycles. The van der Waals surface area contributed by atoms with Gasteiger partial charge in [-0.15, -0.1) is 10.2 Å². The molecule has 3 aromatic rings. The molecule has 0 radical (unpaired) electrons. The van der Waals surface area contributed by atoms with Crippen LogP contribution in [0.3, 0.4) is 0 Å². The van der Waals surface area contributed by atoms with Crippen molar-refractivity contribution in [3.8, 4) is 11.3 Å². The second kappa shape index (κ2) is 7.36. The van der Waals surface area contributed by atoms with E-state index in [1.54, 1.807) is 23.4 Å². The highest BCUT2D eigenvalue weighted by Crippen LogP contribution is 2.27. The van der Waals surface area contributed by atoms with E-state index in [4.69, 9.17) is 11.6 Å². The number of nitrogens with zero attached hydrogens (tertiary/aromatic N) is 5. The summed E-state index contributed by atoms with van der Waals surface area (Å²) in [6, 6.07) is 8.64. The summed E-state index contributed by atoms with van der Waals surface area (Å²) >= 11 is 5.61. The minimum absolute atomic E-state index is 0.0451. The van der Waals surface area contributed by atoms with Crippen molar-refractivity contribution in [1.29, 1.82) is 0 Å². The molecule has 8 heteroatoms. The fourth-order valence-corrected chi connectivity index (χ4v) is 3.26. The van der Waals surface area contributed by atoms with Gasteiger partial charge in [0.1, 0.15) is 0 Å². The third-order valence-corrected chi connectivity index (χ3v) is 4.83. The third-order valence-electron chi connectivity index (χ3n) is 4.55. The first-order valence-corrected chi connectivity index (χ1v) is 8.85. The molecule has 1 saturated heterocycles. The Morgan fingerprint density at radius 3 is 2.70 bits per heavy atom. The monoisotopic (exact) mass is 383 g/mol. The van der Waals surface area contributed by atoms with Crippen LogP contribution in [-0.4, -0.2) is 32.6 Å². The molecule has 27 heavy (non-hydrogen) atoms. The molecular weight excluding hydrogens is 369 g/mol. The van der Waals surface area contributed by atoms with Crippen LogP contribution < -0.4 is 4.90 Å². The Balaban J connectivity index is 1.47. The predicted octanol–water partition coefficient (Wildman–Crippen LogP) is 3.32. The van der Waals surface area contributed by atoms with Crippen molar-refractivity contribution in [2.24, 2.45) is 5.92 Å². The van der Waals surface area contributed by atoms with Crippen molar-refractivity contribution in [3.05, 3.63) is 65.5 Å². The van der Waals surface area contributed by atoms with Gasteiger partial charge in [-0.2, -0.15) is 0 Å². The van der Waals surface area contributed by atoms with Gasteiger partial charge in [-0.25, -0.2) is 9.37 Å². The smallest absolute Gasteiger partial charge is 0.231 e. The second-order valence-electron chi connectivity index (χ2n) is 6.31. The highest BCUT2D eigenvalue weighted by Gasteiger charge is 2.33. The van der Waals surface area contributed by atoms with E-state index in [-0.39, 0.29) is 17.0 Å². The van der Waals surface area contributed by atoms with Gasteiger partial charge in [-0.3, -0.25) is 14.7 Å². The highest BCUT2D eigenvalue weighted by atomic mass is 35.5. The summed E-state index contributed by atoms with van der Waals surface area (Å²) in [7, 11) is 0. The maximum absolute atomic E-state index is 13.6. The quantitative estimate of drug-likeness (QED) is 0.646. The first kappa shape index (κ1) is 17.5. The van der Waals surface area contributed by atoms with Crippen LogP contribution in [-0.2, 0) is 11.2 Å². The van der Waals surface area contributed by atoms with E-state index in [0.29, 0.717) is 36.5 Å². The fraction of sp³-hybridized carbons (Fsp3) is 0.211. The number of carbonyl (C=O) groups excluding carboxylic acids is 1. The minimum Gasteiger partial charge on any atom is -0.295 e. The van der Waals surface area contributed by atoms with Gasteiger partial charge < -0.3 is 0 Å². The Labute approximate surface area is 160 Å². The molecule has 3 aromatic heterocycles. The van der Waals surface area contributed by atoms with E-state index in [1.165, 1.54) is 12.3 Å². The van der Waals surface area contributed by atoms with Gasteiger partial charge in [0.25, 0.3) is 0 Å². The topological polar surface area (TPSA) is 71.9 Å². The molecule has 0 aromatic carbocycles. The van der Waals surface area contributed by atoms with Crippen molar-refractivity contribution in [3.63, 3.8) is 0 Å². The first-order valence-electron chi connectivity index (χ1n) is 8.47. The second-order valence-corrected chi connectivity index (χ2v) is 6.67. The molecule has 1 atom stereocenters. The summed E-state index contributed by atoms with van der Waals surface area (Å²) < 4.78 is 13.6. The average Bonchev–Trinajstić information content (AvgIpc) is 3.06. The molecule has 6 nitrogen and oxygen atoms in total. The molecule has 1 fully saturated rings. The number of anilines is 1. The largest absolute Gasteiger partial charge is 0.295 e. The molecule has 4 rings (SSSR count). The van der Waals surface area contributed by atoms with Crippen LogP contribution in [0.25, 0.3) is 11.3 Å². The Morgan fingerprint density at radius 2 is 2.00 bits per heavy atom. The predicted molar refractivity (Wildman–Crippen MR) is 98.6 cm³/mol. The van der Waals surface area contributed by atoms with Gasteiger partial charge in [-0.05, 0) is 48.7 Å². The van der Waals surface area contributed by atoms with E-state index in [9.17, 15) is 9.18 Å². The maximum atomic E-state index is 13.6. The standard InChI is InChI=1S/C19H15ClFN5O/c20-18-15(21)10-12(11-23-18)9-14-5-8-26(19(14)27)17-2-1-16(24-25-17)13-3-6-22-7-4-13/h1-4,6-7,10-11,14H,5,8-9H2/t14-/m0/s1. The van der Waals surface area contributed by atoms with Crippen LogP contribution in [0.1, 0.15) is 12.0 Å². The summed E-state index contributed by atoms with van der Waals surface area (Å²) in [6.45, 7) is 0.552. The van der Waals surface area contributed by atoms with Crippen LogP contribution in [0.2, 0.25) is 5.15 Å². The van der Waals surface area contributed by atoms with E-state index < -0.39 is 5.82 Å². The van der Waals surface area contributed by atoms with E-state index in [2.05, 4.69) is 20.2 Å². The Morgan fingerprint density at radius 1 is 1.19 bits per heavy atom. The van der Waals surface area contributed by atoms with E-state index in [0.717, 1.165) is 5.56 Å². The molecule has 0 N–H and O–H groups in total. The molecule has 1 aliphatic rings. The van der Waals surface area contributed by atoms with Gasteiger partial charge >= 0.3 is 0 Å². The van der Waals surface area contributed by atoms with Crippen molar-refractivity contribution < 1.29 is 9.18 Å². The summed E-state index contributed by atoms with van der Waals surface area (Å²) in [6.07, 6.45) is 5.96. The zero-order valence-electron chi connectivity index (χ0n) is 14.2. The first-order chi connectivity index (χ1) is 13.1. The number of rotatable bonds is 4. The number of pyridine rings is 2. The molecule has 0 saturated carbocycles. The fourth-order valence-electron chi connectivity index (χ4n) is 3.16. The zero-order valence-corrected chi connectivity index (χ0v) is 15.0. The minimum atomic E-state index is -0.575. The lowest BCUT2D eigenvalue weighted by Gasteiger charge is -2.15. The van der Waals surface area contributed by atoms with Crippen molar-refractivity contribution in [1.82, 2.24) is 20.2 Å². The van der Waals surface area contributed by atoms with Crippen LogP contribution in [0.15, 0.2) is 48.9 Å². The summed E-state index contributed by atoms with van der Waals surface area (Å²) in [5.74, 6) is -0.347. The lowest BCUT2D eigenvalue weighted by Crippen LogP contribution is -2.28. The van der Waals surface area contributed by atoms with Crippen molar-refractivity contribution in [2.75, 3.05) is 11.4 Å². The average molecular weight is 384 g/mol. The molecule has 136 valence electrons. The third kappa shape index (κ3) is 3.64. The lowest BCUT2D eigenvalue weighted by atomic mass is 9.99. The molecule has 0 aliphatic carbocycles. The zero-order chi connectivity index (χ0) is 18.8. The van der Waals surface area contributed by atoms with E-state index in [1.807, 2.05) is 18.2 Å². The molecule has 4 heterocycles. The summed E-state index contributed by atoms with van der Waals surface area (Å²) in [5.41, 5.74) is 2.27. The van der Waals surface area contributed by atoms with Crippen molar-refractivity contribution >= 4 is 23.3 Å². The molecule has 1 amide bonds. The molecule has 0 bridgehead atoms. The molecular formula is C19H15ClFN5O. The van der Waals surface area contributed by atoms with Gasteiger partial charge in [-0.1, -0.05) is 11.6 Å². The van der Waals surface area contributed by atoms with Gasteiger partial charge in [0.05, 0.1) is 5.69 Å². The van der Waals surface area contributed by atoms with Gasteiger partial charge in [0, 0.05) is 36.6 Å². The summed E-state index contributed by atoms with van der Waals surface area (Å²) in [4.78, 5) is 22.1. The van der Waals surface area contributed by atoms with Crippen LogP contribution in [0, 0.1) is 11.7 Å². The highest BCUT2D eigenvalue weighted by molar-refractivity contribution is 6.29. The number of hydrogen-bond acceptors (Lipinski definition) is 5. The number of carbonyl (C=O) groups is 1. The normalized spacial score (nSPS) is 16.7. The summed E-state index contributed by atoms with van der Waals surface area (Å²) in [5, 5.41) is 8.25. The Kier molecular flexibility index (Phi) is 4.77. The van der Waals surface area contributed by atoms with Gasteiger partial charge in [0.2, 0.25) is 5.91 Å². The van der Waals surface area contributed by atoms with Gasteiger partial charge in [0.15, 0.2) is 16.8 Å². The Hall–Kier alpha value is -2.93. The SMILES string of the molecule is O=C1[C@H](Cc2cnc(Cl)c(F)c2)CCN1c1ccc(-c2ccncc2)nn1. The van der Waals surface area contributed by atoms with Crippen molar-refractivity contribution in [2.45, 2.75) is 12.8 Å². The number of aromatic nitrogens is 4. The number of halogens is 2. The Bertz CT molecular complexity index is 968. The van der Waals surface area contributed by atoms with Crippen LogP contribution >= 0.6 is 11.6 Å². The van der Waals surface area contributed by atoms with Crippen LogP contribution in [0.4, 0.5) is 10.2 Å². The maximum Gasteiger partial charge on any atom is 0.231 e.